The van der Waals surface area contributed by atoms with Gasteiger partial charge >= 0.3 is 6.29 Å². The molecule has 2 aliphatic rings. The van der Waals surface area contributed by atoms with Gasteiger partial charge < -0.3 is 20.1 Å². The molecule has 1 aromatic carbocycles. The first kappa shape index (κ1) is 15.9. The van der Waals surface area contributed by atoms with E-state index in [1.807, 2.05) is 7.05 Å². The number of nitrogens with zero attached hydrogens (tertiary/aromatic N) is 1. The number of piperidine rings is 1. The Hall–Kier alpha value is -1.93. The first-order valence-corrected chi connectivity index (χ1v) is 7.54. The van der Waals surface area contributed by atoms with Gasteiger partial charge in [0, 0.05) is 24.3 Å². The van der Waals surface area contributed by atoms with Crippen LogP contribution in [0.1, 0.15) is 12.8 Å². The largest absolute Gasteiger partial charge is 0.586 e. The second kappa shape index (κ2) is 6.29. The number of alkyl halides is 2. The van der Waals surface area contributed by atoms with Crippen LogP contribution in [0.15, 0.2) is 18.2 Å². The molecule has 0 aromatic heterocycles. The Balaban J connectivity index is 1.57. The maximum atomic E-state index is 13.0. The Morgan fingerprint density at radius 1 is 1.39 bits per heavy atom. The van der Waals surface area contributed by atoms with E-state index in [-0.39, 0.29) is 24.0 Å². The Morgan fingerprint density at radius 3 is 2.96 bits per heavy atom. The molecule has 23 heavy (non-hydrogen) atoms. The van der Waals surface area contributed by atoms with Crippen LogP contribution in [0.3, 0.4) is 0 Å². The fraction of sp³-hybridized carbons (Fsp3) is 0.533. The molecule has 0 aliphatic carbocycles. The van der Waals surface area contributed by atoms with Crippen LogP contribution >= 0.6 is 0 Å². The van der Waals surface area contributed by atoms with E-state index in [0.29, 0.717) is 11.7 Å². The maximum absolute atomic E-state index is 13.0. The summed E-state index contributed by atoms with van der Waals surface area (Å²) in [5.74, 6) is -0.311. The number of fused-ring (bicyclic) bond motifs is 1. The third-order valence-corrected chi connectivity index (χ3v) is 3.97. The predicted molar refractivity (Wildman–Crippen MR) is 79.8 cm³/mol. The summed E-state index contributed by atoms with van der Waals surface area (Å²) in [6.07, 6.45) is -1.51. The molecule has 1 amide bonds. The van der Waals surface area contributed by atoms with Crippen molar-refractivity contribution < 1.29 is 23.0 Å². The van der Waals surface area contributed by atoms with Crippen LogP contribution in [0.5, 0.6) is 11.5 Å². The topological polar surface area (TPSA) is 62.8 Å². The van der Waals surface area contributed by atoms with Gasteiger partial charge in [-0.05, 0) is 38.6 Å². The standard InChI is InChI=1S/C15H19F2N3O3/c1-18-11-3-2-6-20(8-11)9-14(21)19-10-4-5-12-13(7-10)23-15(16,17)22-12/h4-5,7,11,18H,2-3,6,8-9H2,1H3,(H,19,21). The summed E-state index contributed by atoms with van der Waals surface area (Å²) in [6.45, 7) is 1.96. The number of hydrogen-bond acceptors (Lipinski definition) is 5. The molecule has 3 rings (SSSR count). The van der Waals surface area contributed by atoms with Gasteiger partial charge in [0.25, 0.3) is 0 Å². The lowest BCUT2D eigenvalue weighted by molar-refractivity contribution is -0.286. The van der Waals surface area contributed by atoms with E-state index < -0.39 is 6.29 Å². The fourth-order valence-electron chi connectivity index (χ4n) is 2.87. The summed E-state index contributed by atoms with van der Waals surface area (Å²) in [5.41, 5.74) is 0.400. The van der Waals surface area contributed by atoms with Gasteiger partial charge in [-0.15, -0.1) is 8.78 Å². The molecule has 0 saturated carbocycles. The van der Waals surface area contributed by atoms with Crippen molar-refractivity contribution in [2.45, 2.75) is 25.2 Å². The zero-order valence-corrected chi connectivity index (χ0v) is 12.8. The number of likely N-dealkylation sites (tertiary alicyclic amines) is 1. The molecule has 1 saturated heterocycles. The quantitative estimate of drug-likeness (QED) is 0.880. The Morgan fingerprint density at radius 2 is 2.17 bits per heavy atom. The maximum Gasteiger partial charge on any atom is 0.586 e. The lowest BCUT2D eigenvalue weighted by Gasteiger charge is -2.31. The van der Waals surface area contributed by atoms with Crippen LogP contribution in [0.25, 0.3) is 0 Å². The fourth-order valence-corrected chi connectivity index (χ4v) is 2.87. The monoisotopic (exact) mass is 327 g/mol. The number of rotatable bonds is 4. The van der Waals surface area contributed by atoms with Crippen LogP contribution in [-0.2, 0) is 4.79 Å². The zero-order valence-electron chi connectivity index (χ0n) is 12.8. The van der Waals surface area contributed by atoms with Gasteiger partial charge in [-0.2, -0.15) is 0 Å². The molecule has 126 valence electrons. The second-order valence-corrected chi connectivity index (χ2v) is 5.74. The van der Waals surface area contributed by atoms with Crippen molar-refractivity contribution in [3.05, 3.63) is 18.2 Å². The lowest BCUT2D eigenvalue weighted by atomic mass is 10.1. The summed E-state index contributed by atoms with van der Waals surface area (Å²) in [6, 6.07) is 4.59. The van der Waals surface area contributed by atoms with Gasteiger partial charge in [0.2, 0.25) is 5.91 Å². The highest BCUT2D eigenvalue weighted by Crippen LogP contribution is 2.42. The smallest absolute Gasteiger partial charge is 0.395 e. The number of carbonyl (C=O) groups excluding carboxylic acids is 1. The molecule has 6 nitrogen and oxygen atoms in total. The molecule has 2 aliphatic heterocycles. The number of likely N-dealkylation sites (N-methyl/N-ethyl adjacent to an activating group) is 1. The zero-order chi connectivity index (χ0) is 16.4. The number of benzene rings is 1. The van der Waals surface area contributed by atoms with E-state index in [9.17, 15) is 13.6 Å². The first-order chi connectivity index (χ1) is 10.9. The molecule has 0 spiro atoms. The molecule has 2 heterocycles. The third kappa shape index (κ3) is 3.89. The Bertz CT molecular complexity index is 597. The van der Waals surface area contributed by atoms with Gasteiger partial charge in [0.05, 0.1) is 6.54 Å². The van der Waals surface area contributed by atoms with Crippen LogP contribution in [0.2, 0.25) is 0 Å². The van der Waals surface area contributed by atoms with Gasteiger partial charge in [-0.1, -0.05) is 0 Å². The van der Waals surface area contributed by atoms with Crippen LogP contribution in [0.4, 0.5) is 14.5 Å². The normalized spacial score (nSPS) is 22.8. The number of halogens is 2. The molecule has 1 atom stereocenters. The van der Waals surface area contributed by atoms with Gasteiger partial charge in [-0.3, -0.25) is 9.69 Å². The number of ether oxygens (including phenoxy) is 2. The molecule has 1 fully saturated rings. The summed E-state index contributed by atoms with van der Waals surface area (Å²) in [5, 5.41) is 5.92. The lowest BCUT2D eigenvalue weighted by Crippen LogP contribution is -2.46. The van der Waals surface area contributed by atoms with Crippen LogP contribution in [-0.4, -0.2) is 49.8 Å². The van der Waals surface area contributed by atoms with E-state index in [1.54, 1.807) is 0 Å². The highest BCUT2D eigenvalue weighted by molar-refractivity contribution is 5.92. The van der Waals surface area contributed by atoms with Crippen molar-refractivity contribution in [2.24, 2.45) is 0 Å². The Labute approximate surface area is 132 Å². The van der Waals surface area contributed by atoms with E-state index in [0.717, 1.165) is 25.9 Å². The van der Waals surface area contributed by atoms with E-state index >= 15 is 0 Å². The molecule has 2 N–H and O–H groups in total. The third-order valence-electron chi connectivity index (χ3n) is 3.97. The summed E-state index contributed by atoms with van der Waals surface area (Å²) in [4.78, 5) is 14.2. The minimum absolute atomic E-state index is 0.0408. The number of carbonyl (C=O) groups is 1. The van der Waals surface area contributed by atoms with Gasteiger partial charge in [-0.25, -0.2) is 0 Å². The molecular formula is C15H19F2N3O3. The van der Waals surface area contributed by atoms with E-state index in [2.05, 4.69) is 25.0 Å². The summed E-state index contributed by atoms with van der Waals surface area (Å²) < 4.78 is 34.6. The van der Waals surface area contributed by atoms with Gasteiger partial charge in [0.15, 0.2) is 11.5 Å². The molecule has 1 aromatic rings. The SMILES string of the molecule is CNC1CCCN(CC(=O)Nc2ccc3c(c2)OC(F)(F)O3)C1. The van der Waals surface area contributed by atoms with Crippen LogP contribution < -0.4 is 20.1 Å². The van der Waals surface area contributed by atoms with E-state index in [4.69, 9.17) is 0 Å². The van der Waals surface area contributed by atoms with Crippen molar-refractivity contribution in [1.82, 2.24) is 10.2 Å². The number of hydrogen-bond donors (Lipinski definition) is 2. The van der Waals surface area contributed by atoms with E-state index in [1.165, 1.54) is 18.2 Å². The average molecular weight is 327 g/mol. The second-order valence-electron chi connectivity index (χ2n) is 5.74. The number of amides is 1. The number of anilines is 1. The molecule has 0 bridgehead atoms. The molecule has 8 heteroatoms. The predicted octanol–water partition coefficient (Wildman–Crippen LogP) is 1.63. The first-order valence-electron chi connectivity index (χ1n) is 7.54. The summed E-state index contributed by atoms with van der Waals surface area (Å²) in [7, 11) is 1.91. The summed E-state index contributed by atoms with van der Waals surface area (Å²) >= 11 is 0. The van der Waals surface area contributed by atoms with Crippen molar-refractivity contribution >= 4 is 11.6 Å². The molecule has 1 unspecified atom stereocenters. The van der Waals surface area contributed by atoms with Crippen molar-refractivity contribution in [1.29, 1.82) is 0 Å². The van der Waals surface area contributed by atoms with Crippen molar-refractivity contribution in [3.63, 3.8) is 0 Å². The molecular weight excluding hydrogens is 308 g/mol. The van der Waals surface area contributed by atoms with Crippen molar-refractivity contribution in [3.8, 4) is 11.5 Å². The van der Waals surface area contributed by atoms with Crippen LogP contribution in [0, 0.1) is 0 Å². The highest BCUT2D eigenvalue weighted by atomic mass is 19.3. The Kier molecular flexibility index (Phi) is 4.36. The highest BCUT2D eigenvalue weighted by Gasteiger charge is 2.43. The molecule has 0 radical (unpaired) electrons. The number of nitrogens with one attached hydrogen (secondary N) is 2. The average Bonchev–Trinajstić information content (AvgIpc) is 2.80. The minimum Gasteiger partial charge on any atom is -0.395 e. The van der Waals surface area contributed by atoms with Crippen molar-refractivity contribution in [2.75, 3.05) is 32.0 Å². The minimum atomic E-state index is -3.65. The van der Waals surface area contributed by atoms with Gasteiger partial charge in [0.1, 0.15) is 0 Å².